The second kappa shape index (κ2) is 2.79. The predicted molar refractivity (Wildman–Crippen MR) is 38.4 cm³/mol. The zero-order chi connectivity index (χ0) is 8.48. The maximum Gasteiger partial charge on any atom is 0.327 e. The van der Waals surface area contributed by atoms with Crippen molar-refractivity contribution in [2.24, 2.45) is 11.8 Å². The number of hydrogen-bond acceptors (Lipinski definition) is 4. The third-order valence-electron chi connectivity index (χ3n) is 1.89. The van der Waals surface area contributed by atoms with Crippen molar-refractivity contribution in [1.29, 1.82) is 0 Å². The van der Waals surface area contributed by atoms with Gasteiger partial charge >= 0.3 is 5.97 Å². The molecule has 1 aliphatic heterocycles. The first-order valence-corrected chi connectivity index (χ1v) is 3.62. The minimum Gasteiger partial charge on any atom is -0.373 e. The number of carbonyl (C=O) groups is 1. The van der Waals surface area contributed by atoms with Crippen LogP contribution in [0.3, 0.4) is 0 Å². The third kappa shape index (κ3) is 2.17. The highest BCUT2D eigenvalue weighted by molar-refractivity contribution is 5.71. The smallest absolute Gasteiger partial charge is 0.327 e. The second-order valence-corrected chi connectivity index (χ2v) is 3.28. The standard InChI is InChI=1S/C7H13NO3/c1-5(6(9)11-8)3-7(2)4-10-7/h5H,3-4,8H2,1-2H3. The molecular formula is C7H13NO3. The molecule has 4 nitrogen and oxygen atoms in total. The van der Waals surface area contributed by atoms with Gasteiger partial charge in [0, 0.05) is 0 Å². The maximum atomic E-state index is 10.8. The molecule has 0 radical (unpaired) electrons. The summed E-state index contributed by atoms with van der Waals surface area (Å²) in [5, 5.41) is 0. The quantitative estimate of drug-likeness (QED) is 0.472. The lowest BCUT2D eigenvalue weighted by Crippen LogP contribution is -2.23. The summed E-state index contributed by atoms with van der Waals surface area (Å²) in [5.74, 6) is 4.17. The molecule has 1 saturated heterocycles. The molecular weight excluding hydrogens is 146 g/mol. The number of nitrogens with two attached hydrogens (primary N) is 1. The zero-order valence-electron chi connectivity index (χ0n) is 6.79. The molecule has 0 aromatic rings. The Morgan fingerprint density at radius 2 is 2.45 bits per heavy atom. The van der Waals surface area contributed by atoms with E-state index in [1.54, 1.807) is 6.92 Å². The molecule has 2 unspecified atom stereocenters. The van der Waals surface area contributed by atoms with Gasteiger partial charge in [0.05, 0.1) is 18.1 Å². The van der Waals surface area contributed by atoms with Crippen LogP contribution in [0.5, 0.6) is 0 Å². The van der Waals surface area contributed by atoms with Gasteiger partial charge in [-0.15, -0.1) is 0 Å². The Labute approximate surface area is 65.6 Å². The normalized spacial score (nSPS) is 31.2. The van der Waals surface area contributed by atoms with Crippen LogP contribution in [0.25, 0.3) is 0 Å². The summed E-state index contributed by atoms with van der Waals surface area (Å²) in [7, 11) is 0. The van der Waals surface area contributed by atoms with Gasteiger partial charge in [-0.1, -0.05) is 6.92 Å². The van der Waals surface area contributed by atoms with E-state index >= 15 is 0 Å². The molecule has 1 heterocycles. The van der Waals surface area contributed by atoms with E-state index in [2.05, 4.69) is 4.84 Å². The molecule has 0 aromatic carbocycles. The summed E-state index contributed by atoms with van der Waals surface area (Å²) in [6, 6.07) is 0. The SMILES string of the molecule is CC(CC1(C)CO1)C(=O)ON. The fraction of sp³-hybridized carbons (Fsp3) is 0.857. The largest absolute Gasteiger partial charge is 0.373 e. The van der Waals surface area contributed by atoms with E-state index in [0.717, 1.165) is 6.61 Å². The highest BCUT2D eigenvalue weighted by atomic mass is 16.7. The highest BCUT2D eigenvalue weighted by Crippen LogP contribution is 2.33. The minimum atomic E-state index is -0.373. The average molecular weight is 159 g/mol. The molecule has 1 aliphatic rings. The minimum absolute atomic E-state index is 0.104. The van der Waals surface area contributed by atoms with Crippen molar-refractivity contribution in [2.45, 2.75) is 25.9 Å². The first kappa shape index (κ1) is 8.49. The lowest BCUT2D eigenvalue weighted by molar-refractivity contribution is -0.149. The third-order valence-corrected chi connectivity index (χ3v) is 1.89. The van der Waals surface area contributed by atoms with Crippen molar-refractivity contribution < 1.29 is 14.4 Å². The number of rotatable bonds is 3. The van der Waals surface area contributed by atoms with E-state index < -0.39 is 0 Å². The lowest BCUT2D eigenvalue weighted by atomic mass is 9.98. The Kier molecular flexibility index (Phi) is 2.15. The van der Waals surface area contributed by atoms with Crippen LogP contribution >= 0.6 is 0 Å². The Hall–Kier alpha value is -0.610. The maximum absolute atomic E-state index is 10.8. The van der Waals surface area contributed by atoms with E-state index in [0.29, 0.717) is 6.42 Å². The molecule has 4 heteroatoms. The van der Waals surface area contributed by atoms with Crippen LogP contribution in [-0.2, 0) is 14.4 Å². The van der Waals surface area contributed by atoms with Gasteiger partial charge in [-0.05, 0) is 13.3 Å². The predicted octanol–water partition coefficient (Wildman–Crippen LogP) is 0.218. The fourth-order valence-electron chi connectivity index (χ4n) is 1.09. The van der Waals surface area contributed by atoms with Gasteiger partial charge < -0.3 is 9.57 Å². The van der Waals surface area contributed by atoms with Crippen molar-refractivity contribution in [3.8, 4) is 0 Å². The van der Waals surface area contributed by atoms with Crippen LogP contribution in [0.2, 0.25) is 0 Å². The van der Waals surface area contributed by atoms with Crippen molar-refractivity contribution in [1.82, 2.24) is 0 Å². The fourth-order valence-corrected chi connectivity index (χ4v) is 1.09. The number of ether oxygens (including phenoxy) is 1. The molecule has 0 aromatic heterocycles. The molecule has 0 saturated carbocycles. The van der Waals surface area contributed by atoms with Crippen LogP contribution < -0.4 is 5.90 Å². The molecule has 2 N–H and O–H groups in total. The van der Waals surface area contributed by atoms with Gasteiger partial charge in [0.25, 0.3) is 0 Å². The molecule has 0 amide bonds. The first-order chi connectivity index (χ1) is 5.07. The molecule has 11 heavy (non-hydrogen) atoms. The second-order valence-electron chi connectivity index (χ2n) is 3.28. The zero-order valence-corrected chi connectivity index (χ0v) is 6.79. The number of carbonyl (C=O) groups excluding carboxylic acids is 1. The first-order valence-electron chi connectivity index (χ1n) is 3.62. The van der Waals surface area contributed by atoms with Gasteiger partial charge in [-0.2, -0.15) is 5.90 Å². The van der Waals surface area contributed by atoms with Crippen molar-refractivity contribution in [3.63, 3.8) is 0 Å². The molecule has 1 fully saturated rings. The average Bonchev–Trinajstić information content (AvgIpc) is 2.66. The van der Waals surface area contributed by atoms with Crippen LogP contribution in [0, 0.1) is 5.92 Å². The molecule has 0 aliphatic carbocycles. The van der Waals surface area contributed by atoms with Gasteiger partial charge in [0.2, 0.25) is 0 Å². The van der Waals surface area contributed by atoms with E-state index in [4.69, 9.17) is 10.6 Å². The van der Waals surface area contributed by atoms with Crippen LogP contribution in [0.15, 0.2) is 0 Å². The summed E-state index contributed by atoms with van der Waals surface area (Å²) in [6.07, 6.45) is 0.684. The van der Waals surface area contributed by atoms with Crippen LogP contribution in [0.4, 0.5) is 0 Å². The number of epoxide rings is 1. The molecule has 64 valence electrons. The monoisotopic (exact) mass is 159 g/mol. The molecule has 2 atom stereocenters. The Balaban J connectivity index is 2.31. The Bertz CT molecular complexity index is 165. The van der Waals surface area contributed by atoms with Crippen molar-refractivity contribution >= 4 is 5.97 Å². The van der Waals surface area contributed by atoms with Crippen LogP contribution in [-0.4, -0.2) is 18.2 Å². The Morgan fingerprint density at radius 3 is 2.82 bits per heavy atom. The van der Waals surface area contributed by atoms with E-state index in [1.807, 2.05) is 6.92 Å². The van der Waals surface area contributed by atoms with Crippen LogP contribution in [0.1, 0.15) is 20.3 Å². The Morgan fingerprint density at radius 1 is 1.91 bits per heavy atom. The van der Waals surface area contributed by atoms with Gasteiger partial charge in [0.1, 0.15) is 0 Å². The van der Waals surface area contributed by atoms with Crippen molar-refractivity contribution in [3.05, 3.63) is 0 Å². The lowest BCUT2D eigenvalue weighted by Gasteiger charge is -2.10. The molecule has 0 spiro atoms. The number of hydrogen-bond donors (Lipinski definition) is 1. The van der Waals surface area contributed by atoms with E-state index in [-0.39, 0.29) is 17.5 Å². The topological polar surface area (TPSA) is 64.8 Å². The summed E-state index contributed by atoms with van der Waals surface area (Å²) >= 11 is 0. The van der Waals surface area contributed by atoms with Crippen molar-refractivity contribution in [2.75, 3.05) is 6.61 Å². The summed E-state index contributed by atoms with van der Waals surface area (Å²) < 4.78 is 5.11. The van der Waals surface area contributed by atoms with Gasteiger partial charge in [-0.3, -0.25) is 4.79 Å². The van der Waals surface area contributed by atoms with Gasteiger partial charge in [0.15, 0.2) is 0 Å². The highest BCUT2D eigenvalue weighted by Gasteiger charge is 2.41. The van der Waals surface area contributed by atoms with E-state index in [1.165, 1.54) is 0 Å². The summed E-state index contributed by atoms with van der Waals surface area (Å²) in [5.41, 5.74) is -0.104. The van der Waals surface area contributed by atoms with E-state index in [9.17, 15) is 4.79 Å². The summed E-state index contributed by atoms with van der Waals surface area (Å²) in [6.45, 7) is 4.48. The van der Waals surface area contributed by atoms with Gasteiger partial charge in [-0.25, -0.2) is 0 Å². The molecule has 0 bridgehead atoms. The molecule has 1 rings (SSSR count). The summed E-state index contributed by atoms with van der Waals surface area (Å²) in [4.78, 5) is 14.9.